The van der Waals surface area contributed by atoms with Gasteiger partial charge in [-0.3, -0.25) is 4.79 Å². The van der Waals surface area contributed by atoms with E-state index in [9.17, 15) is 9.90 Å². The van der Waals surface area contributed by atoms with Gasteiger partial charge in [0.2, 0.25) is 5.88 Å². The van der Waals surface area contributed by atoms with Crippen molar-refractivity contribution < 1.29 is 19.2 Å². The van der Waals surface area contributed by atoms with E-state index in [-0.39, 0.29) is 17.8 Å². The summed E-state index contributed by atoms with van der Waals surface area (Å²) in [7, 11) is 0. The molecule has 0 aliphatic heterocycles. The van der Waals surface area contributed by atoms with Crippen molar-refractivity contribution in [2.24, 2.45) is 5.41 Å². The highest BCUT2D eigenvalue weighted by molar-refractivity contribution is 5.91. The lowest BCUT2D eigenvalue weighted by Crippen LogP contribution is -2.41. The van der Waals surface area contributed by atoms with Crippen LogP contribution in [0.5, 0.6) is 5.88 Å². The Hall–Kier alpha value is -3.51. The van der Waals surface area contributed by atoms with Gasteiger partial charge in [0.15, 0.2) is 23.1 Å². The Morgan fingerprint density at radius 1 is 1.17 bits per heavy atom. The van der Waals surface area contributed by atoms with Crippen LogP contribution in [-0.2, 0) is 16.6 Å². The average Bonchev–Trinajstić information content (AvgIpc) is 3.28. The molecule has 0 aromatic carbocycles. The summed E-state index contributed by atoms with van der Waals surface area (Å²) in [5.41, 5.74) is 1.16. The summed E-state index contributed by atoms with van der Waals surface area (Å²) >= 11 is 0. The Morgan fingerprint density at radius 3 is 2.77 bits per heavy atom. The van der Waals surface area contributed by atoms with E-state index >= 15 is 0 Å². The number of aliphatic hydroxyl groups is 1. The number of ketones is 1. The highest BCUT2D eigenvalue weighted by atomic mass is 16.5. The maximum Gasteiger partial charge on any atom is 0.219 e. The van der Waals surface area contributed by atoms with Crippen molar-refractivity contribution >= 4 is 5.78 Å². The van der Waals surface area contributed by atoms with Crippen LogP contribution in [0.25, 0.3) is 17.3 Å². The van der Waals surface area contributed by atoms with Gasteiger partial charge in [0, 0.05) is 29.7 Å². The lowest BCUT2D eigenvalue weighted by atomic mass is 9.64. The highest BCUT2D eigenvalue weighted by Crippen LogP contribution is 2.48. The molecule has 9 nitrogen and oxygen atoms in total. The highest BCUT2D eigenvalue weighted by Gasteiger charge is 2.48. The molecule has 1 N–H and O–H groups in total. The van der Waals surface area contributed by atoms with Crippen molar-refractivity contribution in [3.8, 4) is 35.6 Å². The molecule has 6 rings (SSSR count). The Kier molecular flexibility index (Phi) is 5.22. The number of fused-ring (bicyclic) bond motifs is 2. The number of ether oxygens (including phenoxy) is 1. The number of carbonyl (C=O) groups is 1. The predicted octanol–water partition coefficient (Wildman–Crippen LogP) is 3.17. The van der Waals surface area contributed by atoms with Crippen molar-refractivity contribution in [1.82, 2.24) is 24.9 Å². The van der Waals surface area contributed by atoms with Gasteiger partial charge in [-0.05, 0) is 56.9 Å². The van der Waals surface area contributed by atoms with Gasteiger partial charge >= 0.3 is 0 Å². The van der Waals surface area contributed by atoms with Crippen molar-refractivity contribution in [2.45, 2.75) is 63.2 Å². The lowest BCUT2D eigenvalue weighted by molar-refractivity contribution is -0.128. The molecule has 0 radical (unpaired) electrons. The van der Waals surface area contributed by atoms with Crippen LogP contribution in [0.15, 0.2) is 22.9 Å². The molecule has 3 aliphatic rings. The van der Waals surface area contributed by atoms with Gasteiger partial charge in [0.05, 0.1) is 18.6 Å². The number of hydrogen-bond acceptors (Lipinski definition) is 8. The maximum absolute atomic E-state index is 13.0. The number of hydrogen-bond donors (Lipinski definition) is 1. The first-order valence-electron chi connectivity index (χ1n) is 12.2. The largest absolute Gasteiger partial charge is 0.477 e. The number of carbonyl (C=O) groups excluding carboxylic acids is 1. The van der Waals surface area contributed by atoms with Crippen molar-refractivity contribution in [2.75, 3.05) is 13.2 Å². The zero-order chi connectivity index (χ0) is 24.0. The van der Waals surface area contributed by atoms with Crippen molar-refractivity contribution in [3.05, 3.63) is 35.3 Å². The monoisotopic (exact) mass is 473 g/mol. The number of aliphatic hydroxyl groups excluding tert-OH is 1. The van der Waals surface area contributed by atoms with Crippen LogP contribution >= 0.6 is 0 Å². The van der Waals surface area contributed by atoms with E-state index in [0.29, 0.717) is 47.7 Å². The van der Waals surface area contributed by atoms with E-state index in [1.807, 2.05) is 0 Å². The minimum Gasteiger partial charge on any atom is -0.477 e. The van der Waals surface area contributed by atoms with Gasteiger partial charge in [0.1, 0.15) is 11.5 Å². The van der Waals surface area contributed by atoms with E-state index in [0.717, 1.165) is 56.9 Å². The fourth-order valence-corrected chi connectivity index (χ4v) is 5.36. The lowest BCUT2D eigenvalue weighted by Gasteiger charge is -2.36. The molecule has 180 valence electrons. The normalized spacial score (nSPS) is 22.6. The molecule has 1 spiro atoms. The van der Waals surface area contributed by atoms with Crippen molar-refractivity contribution in [3.63, 3.8) is 0 Å². The molecule has 1 atom stereocenters. The van der Waals surface area contributed by atoms with Crippen LogP contribution in [-0.4, -0.2) is 49.0 Å². The smallest absolute Gasteiger partial charge is 0.219 e. The van der Waals surface area contributed by atoms with Crippen LogP contribution in [0, 0.1) is 17.8 Å². The molecule has 2 saturated carbocycles. The molecular weight excluding hydrogens is 446 g/mol. The Bertz CT molecular complexity index is 1330. The van der Waals surface area contributed by atoms with E-state index in [4.69, 9.17) is 20.7 Å². The minimum atomic E-state index is -0.572. The van der Waals surface area contributed by atoms with E-state index in [1.54, 1.807) is 23.0 Å². The number of terminal acetylenes is 1. The molecule has 3 heterocycles. The Morgan fingerprint density at radius 2 is 2.03 bits per heavy atom. The number of nitrogens with zero attached hydrogens (tertiary/aromatic N) is 5. The summed E-state index contributed by atoms with van der Waals surface area (Å²) < 4.78 is 13.5. The van der Waals surface area contributed by atoms with Gasteiger partial charge in [-0.25, -0.2) is 9.67 Å². The first-order chi connectivity index (χ1) is 17.1. The molecule has 3 aromatic heterocycles. The second-order valence-electron chi connectivity index (χ2n) is 10.0. The third kappa shape index (κ3) is 3.73. The second kappa shape index (κ2) is 8.31. The zero-order valence-corrected chi connectivity index (χ0v) is 19.5. The fourth-order valence-electron chi connectivity index (χ4n) is 5.36. The third-order valence-electron chi connectivity index (χ3n) is 7.74. The summed E-state index contributed by atoms with van der Waals surface area (Å²) in [5.74, 6) is 4.66. The molecule has 2 fully saturated rings. The first kappa shape index (κ1) is 22.0. The zero-order valence-electron chi connectivity index (χ0n) is 19.5. The summed E-state index contributed by atoms with van der Waals surface area (Å²) in [6, 6.07) is 3.42. The summed E-state index contributed by atoms with van der Waals surface area (Å²) in [6.07, 6.45) is 14.8. The molecular formula is C26H27N5O4. The number of rotatable bonds is 6. The summed E-state index contributed by atoms with van der Waals surface area (Å²) in [6.45, 7) is 0.442. The minimum absolute atomic E-state index is 0.0788. The molecule has 3 aromatic rings. The standard InChI is InChI=1S/C26H27N5O4/c1-2-17-8-13-31(29-17)20-14-21(34-16-25(15-32)11-12-25)28-24(27-20)22-18-6-5-10-26(23(18)35-30-22)9-4-3-7-19(26)33/h1,8,13-14,32H,3-7,9-12,15-16H2/t26-/m1/s1. The Labute approximate surface area is 202 Å². The molecule has 3 aliphatic carbocycles. The molecule has 0 saturated heterocycles. The van der Waals surface area contributed by atoms with Gasteiger partial charge < -0.3 is 14.4 Å². The third-order valence-corrected chi connectivity index (χ3v) is 7.74. The molecule has 0 amide bonds. The van der Waals surface area contributed by atoms with Gasteiger partial charge in [-0.1, -0.05) is 11.6 Å². The first-order valence-corrected chi connectivity index (χ1v) is 12.2. The van der Waals surface area contributed by atoms with Crippen LogP contribution in [0.2, 0.25) is 0 Å². The van der Waals surface area contributed by atoms with E-state index < -0.39 is 5.41 Å². The van der Waals surface area contributed by atoms with Gasteiger partial charge in [-0.2, -0.15) is 10.1 Å². The van der Waals surface area contributed by atoms with Gasteiger partial charge in [-0.15, -0.1) is 6.42 Å². The topological polar surface area (TPSA) is 116 Å². The SMILES string of the molecule is C#Cc1ccn(-c2cc(OCC3(CO)CC3)nc(-c3noc4c3CCC[C@@]43CCCCC3=O)n2)n1. The van der Waals surface area contributed by atoms with Crippen LogP contribution in [0.3, 0.4) is 0 Å². The van der Waals surface area contributed by atoms with Crippen LogP contribution in [0.4, 0.5) is 0 Å². The number of Topliss-reactive ketones (excluding diaryl/α,β-unsaturated/α-hetero) is 1. The molecule has 35 heavy (non-hydrogen) atoms. The quantitative estimate of drug-likeness (QED) is 0.543. The Balaban J connectivity index is 1.42. The van der Waals surface area contributed by atoms with Crippen LogP contribution < -0.4 is 4.74 Å². The fraction of sp³-hybridized carbons (Fsp3) is 0.500. The van der Waals surface area contributed by atoms with Crippen LogP contribution in [0.1, 0.15) is 68.4 Å². The summed E-state index contributed by atoms with van der Waals surface area (Å²) in [4.78, 5) is 22.4. The predicted molar refractivity (Wildman–Crippen MR) is 125 cm³/mol. The second-order valence-corrected chi connectivity index (χ2v) is 10.0. The summed E-state index contributed by atoms with van der Waals surface area (Å²) in [5, 5.41) is 18.4. The molecule has 9 heteroatoms. The maximum atomic E-state index is 13.0. The average molecular weight is 474 g/mol. The van der Waals surface area contributed by atoms with Gasteiger partial charge in [0.25, 0.3) is 0 Å². The van der Waals surface area contributed by atoms with E-state index in [1.165, 1.54) is 0 Å². The molecule has 0 unspecified atom stereocenters. The van der Waals surface area contributed by atoms with E-state index in [2.05, 4.69) is 21.2 Å². The number of aromatic nitrogens is 5. The molecule has 0 bridgehead atoms. The van der Waals surface area contributed by atoms with Crippen molar-refractivity contribution in [1.29, 1.82) is 0 Å².